The Morgan fingerprint density at radius 3 is 1.18 bits per heavy atom. The summed E-state index contributed by atoms with van der Waals surface area (Å²) in [7, 11) is -8.26. The zero-order chi connectivity index (χ0) is 15.7. The van der Waals surface area contributed by atoms with E-state index in [0.717, 1.165) is 11.1 Å². The predicted molar refractivity (Wildman–Crippen MR) is 87.0 cm³/mol. The molecule has 0 unspecified atom stereocenters. The van der Waals surface area contributed by atoms with E-state index in [0.29, 0.717) is 0 Å². The Morgan fingerprint density at radius 1 is 0.636 bits per heavy atom. The second kappa shape index (κ2) is 7.67. The Kier molecular flexibility index (Phi) is 6.97. The van der Waals surface area contributed by atoms with E-state index in [2.05, 4.69) is 0 Å². The molecule has 0 bridgehead atoms. The molecule has 0 saturated carbocycles. The molecule has 2 rings (SSSR count). The number of hydrogen-bond donors (Lipinski definition) is 1. The van der Waals surface area contributed by atoms with Crippen molar-refractivity contribution in [3.8, 4) is 0 Å². The van der Waals surface area contributed by atoms with Crippen molar-refractivity contribution in [2.24, 2.45) is 0 Å². The van der Waals surface area contributed by atoms with Gasteiger partial charge in [-0.25, -0.2) is 16.8 Å². The number of nitrogens with one attached hydrogen (secondary N) is 1. The summed E-state index contributed by atoms with van der Waals surface area (Å²) in [5.74, 6) is 0. The Hall–Kier alpha value is -0.0636. The van der Waals surface area contributed by atoms with Crippen molar-refractivity contribution in [3.05, 3.63) is 59.7 Å². The zero-order valence-electron chi connectivity index (χ0n) is 11.6. The summed E-state index contributed by atoms with van der Waals surface area (Å²) in [4.78, 5) is -0.187. The summed E-state index contributed by atoms with van der Waals surface area (Å²) in [5, 5.41) is 0. The Balaban J connectivity index is 0.00000242. The van der Waals surface area contributed by atoms with Crippen molar-refractivity contribution >= 4 is 71.4 Å². The number of sulfonamides is 2. The molecule has 0 spiro atoms. The van der Waals surface area contributed by atoms with Gasteiger partial charge in [-0.1, -0.05) is 35.4 Å². The van der Waals surface area contributed by atoms with Gasteiger partial charge < -0.3 is 0 Å². The van der Waals surface area contributed by atoms with Gasteiger partial charge in [0.2, 0.25) is 0 Å². The van der Waals surface area contributed by atoms with E-state index in [1.807, 2.05) is 13.8 Å². The molecule has 0 heterocycles. The molecule has 1 N–H and O–H groups in total. The van der Waals surface area contributed by atoms with E-state index in [-0.39, 0.29) is 61.2 Å². The monoisotopic (exact) mass is 365 g/mol. The van der Waals surface area contributed by atoms with Gasteiger partial charge in [-0.2, -0.15) is 0 Å². The third-order valence-corrected chi connectivity index (χ3v) is 6.42. The minimum absolute atomic E-state index is 0. The Bertz CT molecular complexity index is 769. The van der Waals surface area contributed by atoms with Crippen molar-refractivity contribution in [2.45, 2.75) is 23.6 Å². The average Bonchev–Trinajstić information content (AvgIpc) is 2.38. The molecule has 0 atom stereocenters. The number of hydrogen-bond acceptors (Lipinski definition) is 4. The van der Waals surface area contributed by atoms with Crippen LogP contribution < -0.4 is 4.13 Å². The normalized spacial score (nSPS) is 11.7. The van der Waals surface area contributed by atoms with Crippen molar-refractivity contribution < 1.29 is 16.8 Å². The van der Waals surface area contributed by atoms with Crippen LogP contribution in [0.3, 0.4) is 0 Å². The Labute approximate surface area is 173 Å². The number of rotatable bonds is 4. The van der Waals surface area contributed by atoms with Crippen molar-refractivity contribution in [3.63, 3.8) is 0 Å². The fraction of sp³-hybridized carbons (Fsp3) is 0.143. The van der Waals surface area contributed by atoms with Crippen LogP contribution in [-0.2, 0) is 20.0 Å². The summed E-state index contributed by atoms with van der Waals surface area (Å²) in [6, 6.07) is 11.9. The molecular weight excluding hydrogens is 349 g/mol. The first-order valence-electron chi connectivity index (χ1n) is 6.13. The summed E-state index contributed by atoms with van der Waals surface area (Å²) in [6.07, 6.45) is 0. The molecule has 0 aliphatic rings. The van der Waals surface area contributed by atoms with Gasteiger partial charge in [0.05, 0.1) is 9.79 Å². The first-order valence-corrected chi connectivity index (χ1v) is 9.09. The molecule has 8 heteroatoms. The average molecular weight is 366 g/mol. The first-order chi connectivity index (χ1) is 9.71. The van der Waals surface area contributed by atoms with Crippen molar-refractivity contribution in [1.29, 1.82) is 0 Å². The van der Waals surface area contributed by atoms with Crippen LogP contribution >= 0.6 is 0 Å². The third kappa shape index (κ3) is 4.97. The van der Waals surface area contributed by atoms with E-state index in [9.17, 15) is 16.8 Å². The van der Waals surface area contributed by atoms with E-state index >= 15 is 0 Å². The van der Waals surface area contributed by atoms with Gasteiger partial charge in [-0.3, -0.25) is 0 Å². The molecule has 2 aromatic carbocycles. The molecule has 0 amide bonds. The molecule has 0 fully saturated rings. The Morgan fingerprint density at radius 2 is 0.909 bits per heavy atom. The molecule has 0 aromatic heterocycles. The molecule has 0 saturated heterocycles. The number of aryl methyl sites for hydroxylation is 2. The van der Waals surface area contributed by atoms with Crippen LogP contribution in [0.25, 0.3) is 0 Å². The topological polar surface area (TPSA) is 80.3 Å². The van der Waals surface area contributed by atoms with Crippen LogP contribution in [0.1, 0.15) is 11.1 Å². The SMILES string of the molecule is Cc1ccc(S(=O)(=O)NS(=O)(=O)c2ccc(C)cc2)cc1.[KH]. The van der Waals surface area contributed by atoms with Gasteiger partial charge in [-0.15, -0.1) is 4.13 Å². The van der Waals surface area contributed by atoms with Gasteiger partial charge in [0.15, 0.2) is 0 Å². The van der Waals surface area contributed by atoms with E-state index in [4.69, 9.17) is 0 Å². The van der Waals surface area contributed by atoms with Crippen molar-refractivity contribution in [2.75, 3.05) is 0 Å². The van der Waals surface area contributed by atoms with Gasteiger partial charge >= 0.3 is 51.4 Å². The summed E-state index contributed by atoms with van der Waals surface area (Å²) >= 11 is 0. The van der Waals surface area contributed by atoms with Crippen LogP contribution in [0.4, 0.5) is 0 Å². The second-order valence-electron chi connectivity index (χ2n) is 4.72. The van der Waals surface area contributed by atoms with Gasteiger partial charge in [0.25, 0.3) is 20.0 Å². The maximum absolute atomic E-state index is 12.1. The van der Waals surface area contributed by atoms with Crippen LogP contribution in [0, 0.1) is 13.8 Å². The summed E-state index contributed by atoms with van der Waals surface area (Å²) in [6.45, 7) is 3.62. The van der Waals surface area contributed by atoms with Crippen LogP contribution in [-0.4, -0.2) is 68.2 Å². The fourth-order valence-electron chi connectivity index (χ4n) is 1.68. The van der Waals surface area contributed by atoms with Gasteiger partial charge in [-0.05, 0) is 38.1 Å². The standard InChI is InChI=1S/C14H15NO4S2.K.H/c1-11-3-7-13(8-4-11)20(16,17)15-21(18,19)14-9-5-12(2)6-10-14;;/h3-10,15H,1-2H3;;. The fourth-order valence-corrected chi connectivity index (χ4v) is 4.59. The van der Waals surface area contributed by atoms with Gasteiger partial charge in [0, 0.05) is 0 Å². The van der Waals surface area contributed by atoms with Crippen molar-refractivity contribution in [1.82, 2.24) is 4.13 Å². The molecule has 2 aromatic rings. The van der Waals surface area contributed by atoms with Gasteiger partial charge in [0.1, 0.15) is 0 Å². The first kappa shape index (κ1) is 20.0. The second-order valence-corrected chi connectivity index (χ2v) is 8.34. The molecule has 0 aliphatic carbocycles. The molecule has 5 nitrogen and oxygen atoms in total. The summed E-state index contributed by atoms with van der Waals surface area (Å²) in [5.41, 5.74) is 1.77. The van der Waals surface area contributed by atoms with E-state index < -0.39 is 20.0 Å². The minimum atomic E-state index is -4.13. The molecule has 22 heavy (non-hydrogen) atoms. The van der Waals surface area contributed by atoms with Crippen LogP contribution in [0.2, 0.25) is 0 Å². The maximum atomic E-state index is 12.1. The van der Waals surface area contributed by atoms with Crippen LogP contribution in [0.5, 0.6) is 0 Å². The summed E-state index contributed by atoms with van der Waals surface area (Å²) < 4.78 is 50.2. The zero-order valence-corrected chi connectivity index (χ0v) is 13.2. The number of benzene rings is 2. The molecule has 114 valence electrons. The molecule has 0 radical (unpaired) electrons. The molecule has 0 aliphatic heterocycles. The van der Waals surface area contributed by atoms with E-state index in [1.54, 1.807) is 28.4 Å². The third-order valence-electron chi connectivity index (χ3n) is 2.88. The molecular formula is C14H16KNO4S2. The van der Waals surface area contributed by atoms with Crippen LogP contribution in [0.15, 0.2) is 58.3 Å². The predicted octanol–water partition coefficient (Wildman–Crippen LogP) is 1.32. The van der Waals surface area contributed by atoms with E-state index in [1.165, 1.54) is 24.3 Å². The quantitative estimate of drug-likeness (QED) is 0.829.